The molecule has 0 aliphatic rings. The van der Waals surface area contributed by atoms with Crippen molar-refractivity contribution in [1.82, 2.24) is 0 Å². The number of benzene rings is 1. The predicted octanol–water partition coefficient (Wildman–Crippen LogP) is 2.41. The van der Waals surface area contributed by atoms with Crippen LogP contribution in [0.1, 0.15) is 5.56 Å². The Morgan fingerprint density at radius 3 is 2.30 bits per heavy atom. The first-order chi connectivity index (χ1) is 4.43. The molecule has 0 aromatic heterocycles. The van der Waals surface area contributed by atoms with Crippen molar-refractivity contribution in [3.8, 4) is 0 Å². The quantitative estimate of drug-likeness (QED) is 0.736. The molecule has 0 unspecified atom stereocenters. The van der Waals surface area contributed by atoms with Crippen LogP contribution >= 0.6 is 0 Å². The molecule has 0 saturated carbocycles. The van der Waals surface area contributed by atoms with E-state index in [0.29, 0.717) is 0 Å². The number of hydrogen-bond donors (Lipinski definition) is 0. The van der Waals surface area contributed by atoms with E-state index in [1.54, 1.807) is 0 Å². The van der Waals surface area contributed by atoms with Gasteiger partial charge in [-0.2, -0.15) is 0 Å². The van der Waals surface area contributed by atoms with E-state index < -0.39 is 0 Å². The molecule has 52 valence electrons. The van der Waals surface area contributed by atoms with Crippen molar-refractivity contribution in [1.29, 1.82) is 0 Å². The molecule has 0 radical (unpaired) electrons. The summed E-state index contributed by atoms with van der Waals surface area (Å²) >= 11 is 0. The molecule has 1 rings (SSSR count). The molecule has 0 aliphatic heterocycles. The van der Waals surface area contributed by atoms with Crippen molar-refractivity contribution >= 4 is 0 Å². The number of rotatable bonds is 2. The average Bonchev–Trinajstić information content (AvgIpc) is 1.91. The van der Waals surface area contributed by atoms with E-state index in [-0.39, 0.29) is 21.1 Å². The summed E-state index contributed by atoms with van der Waals surface area (Å²) < 4.78 is 0. The molecule has 10 heavy (non-hydrogen) atoms. The topological polar surface area (TPSA) is 0 Å². The summed E-state index contributed by atoms with van der Waals surface area (Å²) in [4.78, 5) is 0. The van der Waals surface area contributed by atoms with Crippen LogP contribution in [0.15, 0.2) is 43.0 Å². The second-order valence-corrected chi connectivity index (χ2v) is 1.98. The average molecular weight is 302 g/mol. The predicted molar refractivity (Wildman–Crippen MR) is 40.3 cm³/mol. The van der Waals surface area contributed by atoms with Crippen molar-refractivity contribution in [2.45, 2.75) is 6.42 Å². The van der Waals surface area contributed by atoms with Gasteiger partial charge in [0.1, 0.15) is 0 Å². The fourth-order valence-corrected chi connectivity index (χ4v) is 0.781. The molecule has 0 nitrogen and oxygen atoms in total. The van der Waals surface area contributed by atoms with Crippen LogP contribution in [-0.2, 0) is 27.5 Å². The summed E-state index contributed by atoms with van der Waals surface area (Å²) in [5.41, 5.74) is 1.33. The molecule has 0 amide bonds. The van der Waals surface area contributed by atoms with Gasteiger partial charge in [0.25, 0.3) is 0 Å². The number of hydrogen-bond acceptors (Lipinski definition) is 0. The van der Waals surface area contributed by atoms with Gasteiger partial charge in [-0.1, -0.05) is 36.4 Å². The molecule has 0 aliphatic carbocycles. The maximum absolute atomic E-state index is 3.66. The summed E-state index contributed by atoms with van der Waals surface area (Å²) in [7, 11) is 0. The second kappa shape index (κ2) is 5.43. The molecule has 1 aromatic rings. The Bertz CT molecular complexity index is 179. The van der Waals surface area contributed by atoms with E-state index in [0.717, 1.165) is 6.42 Å². The third-order valence-electron chi connectivity index (χ3n) is 1.22. The molecule has 0 heterocycles. The standard InChI is InChI=1S/C9H10.W/c1-2-6-9-7-4-3-5-8-9;/h2-5,7-8H,1,6H2;. The fraction of sp³-hybridized carbons (Fsp3) is 0.111. The van der Waals surface area contributed by atoms with Crippen molar-refractivity contribution in [2.75, 3.05) is 0 Å². The molecule has 0 N–H and O–H groups in total. The van der Waals surface area contributed by atoms with Gasteiger partial charge in [-0.05, 0) is 12.0 Å². The minimum atomic E-state index is 0. The maximum Gasteiger partial charge on any atom is 0 e. The Morgan fingerprint density at radius 2 is 1.80 bits per heavy atom. The third-order valence-corrected chi connectivity index (χ3v) is 1.22. The second-order valence-electron chi connectivity index (χ2n) is 1.98. The molecule has 1 heteroatoms. The first-order valence-corrected chi connectivity index (χ1v) is 3.08. The van der Waals surface area contributed by atoms with Gasteiger partial charge in [0.05, 0.1) is 0 Å². The van der Waals surface area contributed by atoms with Crippen molar-refractivity contribution < 1.29 is 21.1 Å². The van der Waals surface area contributed by atoms with Crippen LogP contribution in [0.25, 0.3) is 0 Å². The zero-order chi connectivity index (χ0) is 6.53. The smallest absolute Gasteiger partial charge is 0 e. The molecule has 0 fully saturated rings. The van der Waals surface area contributed by atoms with Crippen LogP contribution in [0, 0.1) is 0 Å². The molecule has 0 bridgehead atoms. The van der Waals surface area contributed by atoms with E-state index in [1.165, 1.54) is 5.56 Å². The number of allylic oxidation sites excluding steroid dienone is 1. The van der Waals surface area contributed by atoms with Gasteiger partial charge in [-0.25, -0.2) is 0 Å². The Hall–Kier alpha value is -0.352. The molecule has 1 aromatic carbocycles. The molecular formula is C9H10W. The van der Waals surface area contributed by atoms with Gasteiger partial charge in [-0.15, -0.1) is 6.58 Å². The summed E-state index contributed by atoms with van der Waals surface area (Å²) in [5.74, 6) is 0. The Kier molecular flexibility index (Phi) is 5.24. The summed E-state index contributed by atoms with van der Waals surface area (Å²) in [5, 5.41) is 0. The minimum Gasteiger partial charge on any atom is -0.103 e. The van der Waals surface area contributed by atoms with Crippen LogP contribution in [0.2, 0.25) is 0 Å². The Labute approximate surface area is 76.2 Å². The van der Waals surface area contributed by atoms with E-state index in [2.05, 4.69) is 18.7 Å². The van der Waals surface area contributed by atoms with Gasteiger partial charge in [0.2, 0.25) is 0 Å². The summed E-state index contributed by atoms with van der Waals surface area (Å²) in [6, 6.07) is 10.3. The maximum atomic E-state index is 3.66. The van der Waals surface area contributed by atoms with Crippen LogP contribution in [0.4, 0.5) is 0 Å². The van der Waals surface area contributed by atoms with Crippen LogP contribution in [0.5, 0.6) is 0 Å². The van der Waals surface area contributed by atoms with Crippen LogP contribution < -0.4 is 0 Å². The minimum absolute atomic E-state index is 0. The van der Waals surface area contributed by atoms with Crippen molar-refractivity contribution in [2.24, 2.45) is 0 Å². The van der Waals surface area contributed by atoms with Gasteiger partial charge in [0.15, 0.2) is 0 Å². The van der Waals surface area contributed by atoms with Crippen molar-refractivity contribution in [3.63, 3.8) is 0 Å². The van der Waals surface area contributed by atoms with E-state index in [4.69, 9.17) is 0 Å². The van der Waals surface area contributed by atoms with E-state index >= 15 is 0 Å². The molecule has 0 spiro atoms. The SMILES string of the molecule is C=CCc1ccccc1.[W]. The Morgan fingerprint density at radius 1 is 1.20 bits per heavy atom. The van der Waals surface area contributed by atoms with Gasteiger partial charge < -0.3 is 0 Å². The zero-order valence-electron chi connectivity index (χ0n) is 5.79. The normalized spacial score (nSPS) is 8.00. The summed E-state index contributed by atoms with van der Waals surface area (Å²) in [6.45, 7) is 3.66. The summed E-state index contributed by atoms with van der Waals surface area (Å²) in [6.07, 6.45) is 2.89. The Balaban J connectivity index is 0.000000810. The van der Waals surface area contributed by atoms with Crippen molar-refractivity contribution in [3.05, 3.63) is 48.6 Å². The van der Waals surface area contributed by atoms with E-state index in [9.17, 15) is 0 Å². The largest absolute Gasteiger partial charge is 0.103 e. The monoisotopic (exact) mass is 302 g/mol. The fourth-order valence-electron chi connectivity index (χ4n) is 0.781. The van der Waals surface area contributed by atoms with Gasteiger partial charge >= 0.3 is 0 Å². The van der Waals surface area contributed by atoms with Crippen LogP contribution in [0.3, 0.4) is 0 Å². The molecular weight excluding hydrogens is 292 g/mol. The van der Waals surface area contributed by atoms with E-state index in [1.807, 2.05) is 24.3 Å². The molecule has 0 atom stereocenters. The molecule has 0 saturated heterocycles. The van der Waals surface area contributed by atoms with Gasteiger partial charge in [0, 0.05) is 21.1 Å². The zero-order valence-corrected chi connectivity index (χ0v) is 8.72. The third kappa shape index (κ3) is 2.98. The first kappa shape index (κ1) is 9.65. The first-order valence-electron chi connectivity index (χ1n) is 3.08. The van der Waals surface area contributed by atoms with Gasteiger partial charge in [-0.3, -0.25) is 0 Å². The van der Waals surface area contributed by atoms with Crippen LogP contribution in [-0.4, -0.2) is 0 Å².